The molecule has 6 nitrogen and oxygen atoms in total. The van der Waals surface area contributed by atoms with Gasteiger partial charge in [-0.1, -0.05) is 12.1 Å². The Kier molecular flexibility index (Phi) is 2.93. The second kappa shape index (κ2) is 4.40. The number of hydrogen-bond donors (Lipinski definition) is 1. The van der Waals surface area contributed by atoms with E-state index in [0.29, 0.717) is 11.4 Å². The molecule has 0 unspecified atom stereocenters. The summed E-state index contributed by atoms with van der Waals surface area (Å²) in [7, 11) is 0. The molecule has 18 heavy (non-hydrogen) atoms. The van der Waals surface area contributed by atoms with Gasteiger partial charge >= 0.3 is 5.69 Å². The number of aryl methyl sites for hydroxylation is 2. The monoisotopic (exact) mass is 245 g/mol. The second-order valence-corrected chi connectivity index (χ2v) is 3.83. The van der Waals surface area contributed by atoms with E-state index in [1.165, 1.54) is 6.07 Å². The van der Waals surface area contributed by atoms with E-state index in [2.05, 4.69) is 9.97 Å². The van der Waals surface area contributed by atoms with Crippen LogP contribution in [0.3, 0.4) is 0 Å². The van der Waals surface area contributed by atoms with Gasteiger partial charge in [0.25, 0.3) is 0 Å². The number of hydrogen-bond acceptors (Lipinski definition) is 5. The van der Waals surface area contributed by atoms with Gasteiger partial charge in [-0.2, -0.15) is 0 Å². The number of aromatic nitrogens is 2. The lowest BCUT2D eigenvalue weighted by molar-refractivity contribution is -0.385. The van der Waals surface area contributed by atoms with Crippen LogP contribution in [0, 0.1) is 24.0 Å². The fourth-order valence-electron chi connectivity index (χ4n) is 1.79. The molecule has 0 atom stereocenters. The van der Waals surface area contributed by atoms with Gasteiger partial charge in [-0.25, -0.2) is 9.97 Å². The van der Waals surface area contributed by atoms with E-state index in [0.717, 1.165) is 0 Å². The zero-order valence-electron chi connectivity index (χ0n) is 9.91. The maximum Gasteiger partial charge on any atom is 0.316 e. The molecule has 0 radical (unpaired) electrons. The molecular weight excluding hydrogens is 234 g/mol. The minimum absolute atomic E-state index is 0.0434. The zero-order valence-corrected chi connectivity index (χ0v) is 9.91. The molecule has 2 aromatic rings. The average molecular weight is 245 g/mol. The van der Waals surface area contributed by atoms with Crippen LogP contribution in [0.5, 0.6) is 5.75 Å². The number of phenolic OH excluding ortho intramolecular Hbond substituents is 1. The van der Waals surface area contributed by atoms with Crippen molar-refractivity contribution in [3.8, 4) is 17.0 Å². The fraction of sp³-hybridized carbons (Fsp3) is 0.167. The highest BCUT2D eigenvalue weighted by atomic mass is 16.6. The van der Waals surface area contributed by atoms with Crippen LogP contribution in [-0.2, 0) is 0 Å². The van der Waals surface area contributed by atoms with Crippen LogP contribution in [0.2, 0.25) is 0 Å². The third kappa shape index (κ3) is 2.00. The number of aromatic hydroxyl groups is 1. The molecule has 0 saturated carbocycles. The summed E-state index contributed by atoms with van der Waals surface area (Å²) in [5, 5.41) is 20.9. The van der Waals surface area contributed by atoms with Gasteiger partial charge in [0.15, 0.2) is 5.69 Å². The Morgan fingerprint density at radius 3 is 2.50 bits per heavy atom. The molecule has 0 aliphatic rings. The second-order valence-electron chi connectivity index (χ2n) is 3.83. The van der Waals surface area contributed by atoms with Crippen LogP contribution in [0.4, 0.5) is 5.69 Å². The topological polar surface area (TPSA) is 89.2 Å². The number of nitrogens with zero attached hydrogens (tertiary/aromatic N) is 3. The number of rotatable bonds is 2. The van der Waals surface area contributed by atoms with Gasteiger partial charge in [0, 0.05) is 5.56 Å². The number of benzene rings is 1. The first-order valence-electron chi connectivity index (χ1n) is 5.28. The number of nitro groups is 1. The number of phenols is 1. The summed E-state index contributed by atoms with van der Waals surface area (Å²) in [6.45, 7) is 3.20. The summed E-state index contributed by atoms with van der Waals surface area (Å²) in [5.41, 5.74) is 0.578. The molecule has 1 aromatic heterocycles. The van der Waals surface area contributed by atoms with E-state index in [-0.39, 0.29) is 22.8 Å². The Bertz CT molecular complexity index is 626. The van der Waals surface area contributed by atoms with Crippen molar-refractivity contribution >= 4 is 5.69 Å². The summed E-state index contributed by atoms with van der Waals surface area (Å²) in [5.74, 6) is 0.384. The van der Waals surface area contributed by atoms with E-state index in [1.54, 1.807) is 32.0 Å². The first kappa shape index (κ1) is 12.0. The minimum Gasteiger partial charge on any atom is -0.507 e. The third-order valence-electron chi connectivity index (χ3n) is 2.51. The Morgan fingerprint density at radius 2 is 1.89 bits per heavy atom. The van der Waals surface area contributed by atoms with Crippen molar-refractivity contribution in [2.45, 2.75) is 13.8 Å². The lowest BCUT2D eigenvalue weighted by atomic mass is 10.1. The van der Waals surface area contributed by atoms with Crippen molar-refractivity contribution in [3.05, 3.63) is 45.9 Å². The summed E-state index contributed by atoms with van der Waals surface area (Å²) < 4.78 is 0. The SMILES string of the molecule is Cc1nc(C)c([N+](=O)[O-])c(-c2ccccc2O)n1. The highest BCUT2D eigenvalue weighted by Crippen LogP contribution is 2.35. The van der Waals surface area contributed by atoms with Gasteiger partial charge in [-0.05, 0) is 26.0 Å². The molecule has 0 fully saturated rings. The molecule has 0 saturated heterocycles. The van der Waals surface area contributed by atoms with E-state index < -0.39 is 4.92 Å². The van der Waals surface area contributed by atoms with Gasteiger partial charge < -0.3 is 5.11 Å². The minimum atomic E-state index is -0.531. The van der Waals surface area contributed by atoms with E-state index >= 15 is 0 Å². The maximum atomic E-state index is 11.1. The van der Waals surface area contributed by atoms with Crippen molar-refractivity contribution in [2.75, 3.05) is 0 Å². The van der Waals surface area contributed by atoms with Crippen molar-refractivity contribution in [1.29, 1.82) is 0 Å². The smallest absolute Gasteiger partial charge is 0.316 e. The molecule has 2 rings (SSSR count). The molecular formula is C12H11N3O3. The summed E-state index contributed by atoms with van der Waals surface area (Å²) in [4.78, 5) is 18.6. The first-order chi connectivity index (χ1) is 8.50. The van der Waals surface area contributed by atoms with Crippen molar-refractivity contribution in [1.82, 2.24) is 9.97 Å². The van der Waals surface area contributed by atoms with Crippen LogP contribution < -0.4 is 0 Å². The summed E-state index contributed by atoms with van der Waals surface area (Å²) >= 11 is 0. The molecule has 0 aliphatic carbocycles. The summed E-state index contributed by atoms with van der Waals surface area (Å²) in [6.07, 6.45) is 0. The Balaban J connectivity index is 2.78. The summed E-state index contributed by atoms with van der Waals surface area (Å²) in [6, 6.07) is 6.38. The van der Waals surface area contributed by atoms with Gasteiger partial charge in [-0.15, -0.1) is 0 Å². The average Bonchev–Trinajstić information content (AvgIpc) is 2.27. The molecule has 1 aromatic carbocycles. The predicted molar refractivity (Wildman–Crippen MR) is 65.3 cm³/mol. The number of para-hydroxylation sites is 1. The zero-order chi connectivity index (χ0) is 13.3. The van der Waals surface area contributed by atoms with E-state index in [9.17, 15) is 15.2 Å². The van der Waals surface area contributed by atoms with Crippen molar-refractivity contribution < 1.29 is 10.0 Å². The van der Waals surface area contributed by atoms with Crippen LogP contribution in [-0.4, -0.2) is 20.0 Å². The van der Waals surface area contributed by atoms with Gasteiger partial charge in [-0.3, -0.25) is 10.1 Å². The van der Waals surface area contributed by atoms with Gasteiger partial charge in [0.1, 0.15) is 17.3 Å². The van der Waals surface area contributed by atoms with Crippen LogP contribution in [0.25, 0.3) is 11.3 Å². The molecule has 0 bridgehead atoms. The maximum absolute atomic E-state index is 11.1. The molecule has 1 N–H and O–H groups in total. The largest absolute Gasteiger partial charge is 0.507 e. The molecule has 0 amide bonds. The lowest BCUT2D eigenvalue weighted by Gasteiger charge is -2.07. The van der Waals surface area contributed by atoms with Gasteiger partial charge in [0.05, 0.1) is 4.92 Å². The molecule has 6 heteroatoms. The van der Waals surface area contributed by atoms with Crippen LogP contribution >= 0.6 is 0 Å². The lowest BCUT2D eigenvalue weighted by Crippen LogP contribution is -2.02. The molecule has 92 valence electrons. The Morgan fingerprint density at radius 1 is 1.22 bits per heavy atom. The fourth-order valence-corrected chi connectivity index (χ4v) is 1.79. The standard InChI is InChI=1S/C12H11N3O3/c1-7-12(15(17)18)11(14-8(2)13-7)9-5-3-4-6-10(9)16/h3-6,16H,1-2H3. The molecule has 0 spiro atoms. The normalized spacial score (nSPS) is 10.3. The Labute approximate surface area is 103 Å². The Hall–Kier alpha value is -2.50. The van der Waals surface area contributed by atoms with Crippen LogP contribution in [0.15, 0.2) is 24.3 Å². The molecule has 1 heterocycles. The van der Waals surface area contributed by atoms with Crippen LogP contribution in [0.1, 0.15) is 11.5 Å². The van der Waals surface area contributed by atoms with Crippen molar-refractivity contribution in [3.63, 3.8) is 0 Å². The third-order valence-corrected chi connectivity index (χ3v) is 2.51. The van der Waals surface area contributed by atoms with Crippen molar-refractivity contribution in [2.24, 2.45) is 0 Å². The predicted octanol–water partition coefficient (Wildman–Crippen LogP) is 2.37. The quantitative estimate of drug-likeness (QED) is 0.648. The first-order valence-corrected chi connectivity index (χ1v) is 5.28. The highest BCUT2D eigenvalue weighted by Gasteiger charge is 2.23. The molecule has 0 aliphatic heterocycles. The highest BCUT2D eigenvalue weighted by molar-refractivity contribution is 5.75. The van der Waals surface area contributed by atoms with Gasteiger partial charge in [0.2, 0.25) is 0 Å². The van der Waals surface area contributed by atoms with E-state index in [1.807, 2.05) is 0 Å². The van der Waals surface area contributed by atoms with E-state index in [4.69, 9.17) is 0 Å².